The van der Waals surface area contributed by atoms with Gasteiger partial charge in [-0.25, -0.2) is 9.67 Å². The lowest BCUT2D eigenvalue weighted by molar-refractivity contribution is 0.530. The number of hydrogen-bond donors (Lipinski definition) is 2. The smallest absolute Gasteiger partial charge is 0.0945 e. The van der Waals surface area contributed by atoms with E-state index in [1.54, 1.807) is 6.33 Å². The highest BCUT2D eigenvalue weighted by molar-refractivity contribution is 5.36. The third-order valence-corrected chi connectivity index (χ3v) is 3.72. The zero-order valence-corrected chi connectivity index (χ0v) is 11.0. The molecule has 0 amide bonds. The summed E-state index contributed by atoms with van der Waals surface area (Å²) in [5, 5.41) is 7.99. The molecule has 0 fully saturated rings. The molecule has 1 atom stereocenters. The summed E-state index contributed by atoms with van der Waals surface area (Å²) >= 11 is 0. The summed E-state index contributed by atoms with van der Waals surface area (Å²) in [4.78, 5) is 7.70. The van der Waals surface area contributed by atoms with Crippen LogP contribution in [-0.4, -0.2) is 26.3 Å². The van der Waals surface area contributed by atoms with E-state index in [0.717, 1.165) is 30.0 Å². The Bertz CT molecular complexity index is 713. The molecular formula is C15H15N5. The molecule has 5 nitrogen and oxygen atoms in total. The Hall–Kier alpha value is -2.40. The molecular weight excluding hydrogens is 250 g/mol. The minimum atomic E-state index is 0.0905. The third-order valence-electron chi connectivity index (χ3n) is 3.72. The van der Waals surface area contributed by atoms with Gasteiger partial charge in [-0.05, 0) is 18.2 Å². The zero-order valence-electron chi connectivity index (χ0n) is 11.0. The van der Waals surface area contributed by atoms with Gasteiger partial charge >= 0.3 is 0 Å². The SMILES string of the molecule is c1ccc(-n2nccc2[C@H]2NCCc3[nH]cnc32)cc1. The fourth-order valence-electron chi connectivity index (χ4n) is 2.78. The second-order valence-electron chi connectivity index (χ2n) is 4.91. The number of fused-ring (bicyclic) bond motifs is 1. The Kier molecular flexibility index (Phi) is 2.63. The summed E-state index contributed by atoms with van der Waals surface area (Å²) in [5.41, 5.74) is 4.48. The first-order valence-electron chi connectivity index (χ1n) is 6.78. The summed E-state index contributed by atoms with van der Waals surface area (Å²) in [6.45, 7) is 0.944. The van der Waals surface area contributed by atoms with E-state index in [1.165, 1.54) is 5.69 Å². The predicted molar refractivity (Wildman–Crippen MR) is 75.7 cm³/mol. The molecule has 5 heteroatoms. The van der Waals surface area contributed by atoms with Crippen molar-refractivity contribution in [3.8, 4) is 5.69 Å². The molecule has 0 saturated heterocycles. The van der Waals surface area contributed by atoms with Crippen LogP contribution in [0.1, 0.15) is 23.1 Å². The molecule has 2 N–H and O–H groups in total. The van der Waals surface area contributed by atoms with Crippen molar-refractivity contribution in [1.82, 2.24) is 25.1 Å². The van der Waals surface area contributed by atoms with Crippen molar-refractivity contribution in [3.05, 3.63) is 66.0 Å². The number of hydrogen-bond acceptors (Lipinski definition) is 3. The van der Waals surface area contributed by atoms with E-state index in [-0.39, 0.29) is 6.04 Å². The van der Waals surface area contributed by atoms with Gasteiger partial charge in [-0.1, -0.05) is 18.2 Å². The molecule has 1 aromatic carbocycles. The average Bonchev–Trinajstić information content (AvgIpc) is 3.16. The van der Waals surface area contributed by atoms with Crippen LogP contribution in [0.15, 0.2) is 48.9 Å². The molecule has 0 saturated carbocycles. The van der Waals surface area contributed by atoms with Gasteiger partial charge in [-0.3, -0.25) is 0 Å². The highest BCUT2D eigenvalue weighted by Crippen LogP contribution is 2.27. The van der Waals surface area contributed by atoms with Crippen molar-refractivity contribution < 1.29 is 0 Å². The first-order chi connectivity index (χ1) is 9.93. The van der Waals surface area contributed by atoms with Crippen molar-refractivity contribution in [3.63, 3.8) is 0 Å². The molecule has 3 aromatic rings. The van der Waals surface area contributed by atoms with Crippen LogP contribution in [-0.2, 0) is 6.42 Å². The van der Waals surface area contributed by atoms with Gasteiger partial charge < -0.3 is 10.3 Å². The monoisotopic (exact) mass is 265 g/mol. The summed E-state index contributed by atoms with van der Waals surface area (Å²) in [6.07, 6.45) is 4.60. The summed E-state index contributed by atoms with van der Waals surface area (Å²) in [6, 6.07) is 12.3. The van der Waals surface area contributed by atoms with E-state index in [9.17, 15) is 0 Å². The van der Waals surface area contributed by atoms with E-state index in [1.807, 2.05) is 29.1 Å². The maximum atomic E-state index is 4.47. The first kappa shape index (κ1) is 11.4. The van der Waals surface area contributed by atoms with Crippen molar-refractivity contribution in [2.45, 2.75) is 12.5 Å². The van der Waals surface area contributed by atoms with Gasteiger partial charge in [0.15, 0.2) is 0 Å². The number of rotatable bonds is 2. The number of para-hydroxylation sites is 1. The van der Waals surface area contributed by atoms with Crippen molar-refractivity contribution in [1.29, 1.82) is 0 Å². The highest BCUT2D eigenvalue weighted by Gasteiger charge is 2.26. The number of benzene rings is 1. The highest BCUT2D eigenvalue weighted by atomic mass is 15.3. The minimum absolute atomic E-state index is 0.0905. The Labute approximate surface area is 116 Å². The van der Waals surface area contributed by atoms with Gasteiger partial charge in [0.05, 0.1) is 29.4 Å². The van der Waals surface area contributed by atoms with Crippen LogP contribution in [0.5, 0.6) is 0 Å². The molecule has 100 valence electrons. The fraction of sp³-hybridized carbons (Fsp3) is 0.200. The van der Waals surface area contributed by atoms with Gasteiger partial charge in [-0.15, -0.1) is 0 Å². The van der Waals surface area contributed by atoms with E-state index < -0.39 is 0 Å². The Morgan fingerprint density at radius 2 is 2.05 bits per heavy atom. The first-order valence-corrected chi connectivity index (χ1v) is 6.78. The molecule has 2 aromatic heterocycles. The van der Waals surface area contributed by atoms with Gasteiger partial charge in [0.2, 0.25) is 0 Å². The van der Waals surface area contributed by atoms with Crippen LogP contribution in [0.4, 0.5) is 0 Å². The molecule has 3 heterocycles. The van der Waals surface area contributed by atoms with Crippen LogP contribution in [0.3, 0.4) is 0 Å². The lowest BCUT2D eigenvalue weighted by Gasteiger charge is -2.23. The van der Waals surface area contributed by atoms with Crippen molar-refractivity contribution in [2.75, 3.05) is 6.54 Å². The average molecular weight is 265 g/mol. The maximum Gasteiger partial charge on any atom is 0.0945 e. The van der Waals surface area contributed by atoms with Crippen molar-refractivity contribution >= 4 is 0 Å². The van der Waals surface area contributed by atoms with Gasteiger partial charge in [0.25, 0.3) is 0 Å². The van der Waals surface area contributed by atoms with Crippen LogP contribution in [0, 0.1) is 0 Å². The van der Waals surface area contributed by atoms with Crippen LogP contribution in [0.2, 0.25) is 0 Å². The third kappa shape index (κ3) is 1.75. The normalized spacial score (nSPS) is 17.9. The van der Waals surface area contributed by atoms with E-state index >= 15 is 0 Å². The molecule has 0 unspecified atom stereocenters. The molecule has 1 aliphatic rings. The molecule has 0 aliphatic carbocycles. The summed E-state index contributed by atoms with van der Waals surface area (Å²) in [5.74, 6) is 0. The lowest BCUT2D eigenvalue weighted by atomic mass is 10.0. The van der Waals surface area contributed by atoms with E-state index in [0.29, 0.717) is 0 Å². The quantitative estimate of drug-likeness (QED) is 0.743. The fourth-order valence-corrected chi connectivity index (χ4v) is 2.78. The largest absolute Gasteiger partial charge is 0.348 e. The molecule has 0 bridgehead atoms. The number of imidazole rings is 1. The van der Waals surface area contributed by atoms with Crippen LogP contribution < -0.4 is 5.32 Å². The summed E-state index contributed by atoms with van der Waals surface area (Å²) in [7, 11) is 0. The number of aromatic amines is 1. The second kappa shape index (κ2) is 4.61. The summed E-state index contributed by atoms with van der Waals surface area (Å²) < 4.78 is 1.97. The second-order valence-corrected chi connectivity index (χ2v) is 4.91. The zero-order chi connectivity index (χ0) is 13.4. The predicted octanol–water partition coefficient (Wildman–Crippen LogP) is 1.83. The van der Waals surface area contributed by atoms with Gasteiger partial charge in [0, 0.05) is 24.9 Å². The Morgan fingerprint density at radius 1 is 1.15 bits per heavy atom. The number of H-pyrrole nitrogens is 1. The van der Waals surface area contributed by atoms with Crippen molar-refractivity contribution in [2.24, 2.45) is 0 Å². The number of nitrogens with zero attached hydrogens (tertiary/aromatic N) is 3. The van der Waals surface area contributed by atoms with E-state index in [2.05, 4.69) is 38.6 Å². The minimum Gasteiger partial charge on any atom is -0.348 e. The molecule has 0 spiro atoms. The molecule has 1 aliphatic heterocycles. The molecule has 4 rings (SSSR count). The standard InChI is InChI=1S/C15H15N5/c1-2-4-11(5-3-1)20-13(7-9-19-20)15-14-12(6-8-16-15)17-10-18-14/h1-5,7,9-10,15-16H,6,8H2,(H,17,18)/t15-/m1/s1. The molecule has 0 radical (unpaired) electrons. The van der Waals surface area contributed by atoms with Gasteiger partial charge in [-0.2, -0.15) is 5.10 Å². The van der Waals surface area contributed by atoms with E-state index in [4.69, 9.17) is 0 Å². The topological polar surface area (TPSA) is 58.5 Å². The molecule has 20 heavy (non-hydrogen) atoms. The number of nitrogens with one attached hydrogen (secondary N) is 2. The lowest BCUT2D eigenvalue weighted by Crippen LogP contribution is -2.32. The van der Waals surface area contributed by atoms with Gasteiger partial charge in [0.1, 0.15) is 0 Å². The van der Waals surface area contributed by atoms with Crippen LogP contribution in [0.25, 0.3) is 5.69 Å². The van der Waals surface area contributed by atoms with Crippen LogP contribution >= 0.6 is 0 Å². The Balaban J connectivity index is 1.81. The maximum absolute atomic E-state index is 4.47. The number of aromatic nitrogens is 4. The Morgan fingerprint density at radius 3 is 2.95 bits per heavy atom.